The minimum absolute atomic E-state index is 0.130. The topological polar surface area (TPSA) is 81.4 Å². The third-order valence-electron chi connectivity index (χ3n) is 5.24. The molecule has 6 nitrogen and oxygen atoms in total. The molecule has 0 saturated carbocycles. The van der Waals surface area contributed by atoms with Gasteiger partial charge in [0.2, 0.25) is 11.7 Å². The van der Waals surface area contributed by atoms with Gasteiger partial charge in [0.1, 0.15) is 5.75 Å². The Kier molecular flexibility index (Phi) is 6.18. The molecule has 0 spiro atoms. The summed E-state index contributed by atoms with van der Waals surface area (Å²) in [6, 6.07) is 20.2. The van der Waals surface area contributed by atoms with Crippen LogP contribution in [0.1, 0.15) is 41.4 Å². The molecule has 1 amide bonds. The molecule has 1 N–H and O–H groups in total. The number of benzene rings is 2. The number of hydrogen-bond donors (Lipinski definition) is 1. The number of thiazole rings is 1. The van der Waals surface area contributed by atoms with Crippen LogP contribution in [0.5, 0.6) is 5.75 Å². The van der Waals surface area contributed by atoms with Crippen molar-refractivity contribution in [1.29, 1.82) is 0 Å². The molecule has 4 rings (SSSR count). The molecule has 2 aromatic carbocycles. The average Bonchev–Trinajstić information content (AvgIpc) is 3.50. The summed E-state index contributed by atoms with van der Waals surface area (Å²) in [5.74, 6) is -0.401. The first-order chi connectivity index (χ1) is 15.4. The predicted octanol–water partition coefficient (Wildman–Crippen LogP) is 5.75. The minimum atomic E-state index is -0.792. The van der Waals surface area contributed by atoms with Crippen molar-refractivity contribution < 1.29 is 18.7 Å². The molecule has 0 unspecified atom stereocenters. The molecule has 2 heterocycles. The number of amides is 1. The van der Waals surface area contributed by atoms with Crippen LogP contribution in [0.4, 0.5) is 5.13 Å². The number of esters is 1. The molecule has 4 aromatic rings. The normalized spacial score (nSPS) is 12.2. The lowest BCUT2D eigenvalue weighted by molar-refractivity contribution is -0.124. The van der Waals surface area contributed by atoms with E-state index in [0.717, 1.165) is 11.1 Å². The Morgan fingerprint density at radius 3 is 2.34 bits per heavy atom. The van der Waals surface area contributed by atoms with Gasteiger partial charge in [-0.2, -0.15) is 0 Å². The van der Waals surface area contributed by atoms with Gasteiger partial charge >= 0.3 is 5.97 Å². The zero-order valence-corrected chi connectivity index (χ0v) is 18.5. The first-order valence-electron chi connectivity index (χ1n) is 10.1. The van der Waals surface area contributed by atoms with Crippen molar-refractivity contribution >= 4 is 28.3 Å². The highest BCUT2D eigenvalue weighted by atomic mass is 32.1. The van der Waals surface area contributed by atoms with E-state index in [2.05, 4.69) is 10.3 Å². The summed E-state index contributed by atoms with van der Waals surface area (Å²) >= 11 is 1.38. The molecule has 2 aromatic heterocycles. The average molecular weight is 447 g/mol. The van der Waals surface area contributed by atoms with E-state index in [1.807, 2.05) is 61.7 Å². The first kappa shape index (κ1) is 21.5. The summed E-state index contributed by atoms with van der Waals surface area (Å²) in [5, 5.41) is 5.31. The number of nitrogens with zero attached hydrogens (tertiary/aromatic N) is 1. The lowest BCUT2D eigenvalue weighted by Crippen LogP contribution is -2.37. The van der Waals surface area contributed by atoms with Gasteiger partial charge in [0, 0.05) is 17.5 Å². The molecule has 0 saturated heterocycles. The Morgan fingerprint density at radius 1 is 1.00 bits per heavy atom. The van der Waals surface area contributed by atoms with Crippen LogP contribution >= 0.6 is 11.3 Å². The second-order valence-corrected chi connectivity index (χ2v) is 8.69. The minimum Gasteiger partial charge on any atom is -0.457 e. The van der Waals surface area contributed by atoms with Gasteiger partial charge in [0.05, 0.1) is 11.7 Å². The first-order valence-corrected chi connectivity index (χ1v) is 10.9. The lowest BCUT2D eigenvalue weighted by atomic mass is 9.70. The third-order valence-corrected chi connectivity index (χ3v) is 5.93. The monoisotopic (exact) mass is 446 g/mol. The Bertz CT molecular complexity index is 1170. The molecule has 32 heavy (non-hydrogen) atoms. The highest BCUT2D eigenvalue weighted by Crippen LogP contribution is 2.42. The Labute approximate surface area is 189 Å². The fourth-order valence-electron chi connectivity index (χ4n) is 3.63. The summed E-state index contributed by atoms with van der Waals surface area (Å²) in [7, 11) is 0. The van der Waals surface area contributed by atoms with Crippen LogP contribution in [0.15, 0.2) is 89.0 Å². The smallest absolute Gasteiger partial charge is 0.379 e. The standard InChI is InChI=1S/C25H22N2O4S/c1-25(2,23(29)27-24-26-14-16-32-24)21(17-7-4-3-5-8-17)18-10-12-19(13-11-18)31-22(28)20-9-6-15-30-20/h3-16,21H,1-2H3,(H,26,27,29)/t21-/m0/s1. The van der Waals surface area contributed by atoms with Gasteiger partial charge in [-0.25, -0.2) is 9.78 Å². The molecule has 0 aliphatic heterocycles. The van der Waals surface area contributed by atoms with Gasteiger partial charge in [-0.3, -0.25) is 4.79 Å². The molecule has 1 atom stereocenters. The number of hydrogen-bond acceptors (Lipinski definition) is 6. The van der Waals surface area contributed by atoms with Crippen molar-refractivity contribution in [3.63, 3.8) is 0 Å². The van der Waals surface area contributed by atoms with E-state index in [1.54, 1.807) is 30.5 Å². The van der Waals surface area contributed by atoms with Gasteiger partial charge in [0.15, 0.2) is 5.13 Å². The molecule has 0 fully saturated rings. The molecular weight excluding hydrogens is 424 g/mol. The van der Waals surface area contributed by atoms with Crippen LogP contribution in [-0.2, 0) is 4.79 Å². The van der Waals surface area contributed by atoms with Crippen LogP contribution in [-0.4, -0.2) is 16.9 Å². The van der Waals surface area contributed by atoms with E-state index >= 15 is 0 Å². The van der Waals surface area contributed by atoms with Crippen LogP contribution in [0, 0.1) is 5.41 Å². The molecule has 7 heteroatoms. The summed E-state index contributed by atoms with van der Waals surface area (Å²) in [5.41, 5.74) is 1.14. The van der Waals surface area contributed by atoms with Crippen molar-refractivity contribution in [3.8, 4) is 5.75 Å². The Balaban J connectivity index is 1.62. The van der Waals surface area contributed by atoms with Gasteiger partial charge in [-0.05, 0) is 35.4 Å². The van der Waals surface area contributed by atoms with Gasteiger partial charge < -0.3 is 14.5 Å². The maximum Gasteiger partial charge on any atom is 0.379 e. The van der Waals surface area contributed by atoms with E-state index in [0.29, 0.717) is 10.9 Å². The SMILES string of the molecule is CC(C)(C(=O)Nc1nccs1)[C@@H](c1ccccc1)c1ccc(OC(=O)c2ccco2)cc1. The molecule has 0 aliphatic carbocycles. The number of aromatic nitrogens is 1. The zero-order chi connectivity index (χ0) is 22.6. The van der Waals surface area contributed by atoms with Crippen LogP contribution in [0.25, 0.3) is 0 Å². The summed E-state index contributed by atoms with van der Waals surface area (Å²) in [6.45, 7) is 3.83. The molecular formula is C25H22N2O4S. The number of furan rings is 1. The summed E-state index contributed by atoms with van der Waals surface area (Å²) in [6.07, 6.45) is 3.08. The van der Waals surface area contributed by atoms with Crippen molar-refractivity contribution in [1.82, 2.24) is 4.98 Å². The van der Waals surface area contributed by atoms with Crippen LogP contribution in [0.2, 0.25) is 0 Å². The van der Waals surface area contributed by atoms with Gasteiger partial charge in [-0.15, -0.1) is 11.3 Å². The van der Waals surface area contributed by atoms with Crippen molar-refractivity contribution in [2.24, 2.45) is 5.41 Å². The quantitative estimate of drug-likeness (QED) is 0.289. The van der Waals surface area contributed by atoms with E-state index in [4.69, 9.17) is 9.15 Å². The van der Waals surface area contributed by atoms with E-state index in [1.165, 1.54) is 17.6 Å². The fraction of sp³-hybridized carbons (Fsp3) is 0.160. The Hall–Kier alpha value is -3.71. The molecule has 162 valence electrons. The number of carbonyl (C=O) groups is 2. The van der Waals surface area contributed by atoms with Crippen LogP contribution in [0.3, 0.4) is 0 Å². The zero-order valence-electron chi connectivity index (χ0n) is 17.6. The van der Waals surface area contributed by atoms with Crippen molar-refractivity contribution in [2.75, 3.05) is 5.32 Å². The van der Waals surface area contributed by atoms with Gasteiger partial charge in [-0.1, -0.05) is 56.3 Å². The van der Waals surface area contributed by atoms with E-state index in [-0.39, 0.29) is 17.6 Å². The molecule has 0 aliphatic rings. The number of anilines is 1. The summed E-state index contributed by atoms with van der Waals surface area (Å²) in [4.78, 5) is 29.5. The third kappa shape index (κ3) is 4.63. The highest BCUT2D eigenvalue weighted by Gasteiger charge is 2.39. The maximum absolute atomic E-state index is 13.2. The second kappa shape index (κ2) is 9.20. The highest BCUT2D eigenvalue weighted by molar-refractivity contribution is 7.13. The number of nitrogens with one attached hydrogen (secondary N) is 1. The predicted molar refractivity (Wildman–Crippen MR) is 123 cm³/mol. The summed E-state index contributed by atoms with van der Waals surface area (Å²) < 4.78 is 10.5. The van der Waals surface area contributed by atoms with E-state index in [9.17, 15) is 9.59 Å². The largest absolute Gasteiger partial charge is 0.457 e. The van der Waals surface area contributed by atoms with Crippen molar-refractivity contribution in [3.05, 3.63) is 101 Å². The van der Waals surface area contributed by atoms with Crippen LogP contribution < -0.4 is 10.1 Å². The van der Waals surface area contributed by atoms with E-state index < -0.39 is 11.4 Å². The fourth-order valence-corrected chi connectivity index (χ4v) is 4.15. The molecule has 0 radical (unpaired) electrons. The lowest BCUT2D eigenvalue weighted by Gasteiger charge is -2.33. The number of ether oxygens (including phenoxy) is 1. The maximum atomic E-state index is 13.2. The van der Waals surface area contributed by atoms with Crippen molar-refractivity contribution in [2.45, 2.75) is 19.8 Å². The second-order valence-electron chi connectivity index (χ2n) is 7.79. The number of rotatable bonds is 7. The van der Waals surface area contributed by atoms with Gasteiger partial charge in [0.25, 0.3) is 0 Å². The number of carbonyl (C=O) groups excluding carboxylic acids is 2. The Morgan fingerprint density at radius 2 is 1.72 bits per heavy atom. The molecule has 0 bridgehead atoms.